The van der Waals surface area contributed by atoms with Crippen molar-refractivity contribution >= 4 is 22.4 Å². The lowest BCUT2D eigenvalue weighted by atomic mass is 9.97. The molecular weight excluding hydrogens is 198 g/mol. The number of nitrogens with zero attached hydrogens (tertiary/aromatic N) is 1. The van der Waals surface area contributed by atoms with Crippen molar-refractivity contribution in [3.63, 3.8) is 0 Å². The minimum atomic E-state index is 0.0810. The van der Waals surface area contributed by atoms with Crippen molar-refractivity contribution in [3.05, 3.63) is 11.6 Å². The van der Waals surface area contributed by atoms with Gasteiger partial charge in [-0.05, 0) is 12.5 Å². The lowest BCUT2D eigenvalue weighted by molar-refractivity contribution is -0.120. The third-order valence-corrected chi connectivity index (χ3v) is 3.21. The molecule has 1 amide bonds. The predicted molar refractivity (Wildman–Crippen MR) is 56.3 cm³/mol. The fraction of sp³-hybridized carbons (Fsp3) is 0.556. The van der Waals surface area contributed by atoms with Gasteiger partial charge in [-0.25, -0.2) is 4.98 Å². The Morgan fingerprint density at radius 1 is 1.71 bits per heavy atom. The number of anilines is 1. The number of rotatable bonds is 2. The second kappa shape index (κ2) is 4.06. The van der Waals surface area contributed by atoms with Gasteiger partial charge in [0.05, 0.1) is 5.92 Å². The van der Waals surface area contributed by atoms with E-state index in [0.717, 1.165) is 13.1 Å². The van der Waals surface area contributed by atoms with E-state index >= 15 is 0 Å². The van der Waals surface area contributed by atoms with Gasteiger partial charge >= 0.3 is 0 Å². The summed E-state index contributed by atoms with van der Waals surface area (Å²) < 4.78 is 0. The lowest BCUT2D eigenvalue weighted by Gasteiger charge is -2.12. The van der Waals surface area contributed by atoms with E-state index in [0.29, 0.717) is 11.0 Å². The maximum atomic E-state index is 11.7. The summed E-state index contributed by atoms with van der Waals surface area (Å²) in [6, 6.07) is 0. The highest BCUT2D eigenvalue weighted by Crippen LogP contribution is 2.19. The van der Waals surface area contributed by atoms with Crippen molar-refractivity contribution in [1.82, 2.24) is 10.3 Å². The van der Waals surface area contributed by atoms with E-state index in [-0.39, 0.29) is 11.8 Å². The molecule has 0 unspecified atom stereocenters. The monoisotopic (exact) mass is 211 g/mol. The Kier molecular flexibility index (Phi) is 2.79. The Morgan fingerprint density at radius 2 is 2.57 bits per heavy atom. The van der Waals surface area contributed by atoms with Crippen LogP contribution in [-0.4, -0.2) is 24.0 Å². The van der Waals surface area contributed by atoms with Crippen LogP contribution in [0.2, 0.25) is 0 Å². The molecule has 1 fully saturated rings. The Labute approximate surface area is 86.7 Å². The first-order valence-electron chi connectivity index (χ1n) is 4.68. The summed E-state index contributed by atoms with van der Waals surface area (Å²) in [5, 5.41) is 8.57. The highest BCUT2D eigenvalue weighted by molar-refractivity contribution is 7.13. The summed E-state index contributed by atoms with van der Waals surface area (Å²) in [7, 11) is 0. The molecule has 1 saturated heterocycles. The van der Waals surface area contributed by atoms with Gasteiger partial charge in [-0.2, -0.15) is 0 Å². The molecule has 2 atom stereocenters. The van der Waals surface area contributed by atoms with Crippen LogP contribution in [0, 0.1) is 11.8 Å². The number of carbonyl (C=O) groups is 1. The number of aromatic nitrogens is 1. The standard InChI is InChI=1S/C9H13N3OS/c1-6-4-10-5-7(6)8(13)12-9-11-2-3-14-9/h2-3,6-7,10H,4-5H2,1H3,(H,11,12,13)/t6-,7-/m1/s1. The van der Waals surface area contributed by atoms with Gasteiger partial charge in [0, 0.05) is 18.1 Å². The molecule has 0 radical (unpaired) electrons. The summed E-state index contributed by atoms with van der Waals surface area (Å²) in [4.78, 5) is 15.8. The van der Waals surface area contributed by atoms with Crippen LogP contribution in [0.5, 0.6) is 0 Å². The fourth-order valence-corrected chi connectivity index (χ4v) is 2.18. The fourth-order valence-electron chi connectivity index (χ4n) is 1.64. The first-order chi connectivity index (χ1) is 6.77. The van der Waals surface area contributed by atoms with Crippen LogP contribution < -0.4 is 10.6 Å². The largest absolute Gasteiger partial charge is 0.316 e. The number of hydrogen-bond donors (Lipinski definition) is 2. The van der Waals surface area contributed by atoms with E-state index in [1.54, 1.807) is 6.20 Å². The first kappa shape index (κ1) is 9.61. The Bertz CT molecular complexity index is 312. The maximum absolute atomic E-state index is 11.7. The summed E-state index contributed by atoms with van der Waals surface area (Å²) in [6.07, 6.45) is 1.69. The molecule has 1 aliphatic rings. The topological polar surface area (TPSA) is 54.0 Å². The van der Waals surface area contributed by atoms with Crippen molar-refractivity contribution in [2.45, 2.75) is 6.92 Å². The van der Waals surface area contributed by atoms with Crippen LogP contribution in [0.15, 0.2) is 11.6 Å². The summed E-state index contributed by atoms with van der Waals surface area (Å²) in [6.45, 7) is 3.79. The third kappa shape index (κ3) is 1.93. The first-order valence-corrected chi connectivity index (χ1v) is 5.56. The zero-order chi connectivity index (χ0) is 9.97. The van der Waals surface area contributed by atoms with Crippen LogP contribution in [0.3, 0.4) is 0 Å². The van der Waals surface area contributed by atoms with Gasteiger partial charge in [0.2, 0.25) is 5.91 Å². The second-order valence-electron chi connectivity index (χ2n) is 3.57. The molecule has 1 aromatic rings. The SMILES string of the molecule is C[C@@H]1CNC[C@H]1C(=O)Nc1nccs1. The Hall–Kier alpha value is -0.940. The molecule has 0 saturated carbocycles. The van der Waals surface area contributed by atoms with E-state index in [4.69, 9.17) is 0 Å². The van der Waals surface area contributed by atoms with Crippen molar-refractivity contribution in [2.75, 3.05) is 18.4 Å². The van der Waals surface area contributed by atoms with Gasteiger partial charge in [-0.1, -0.05) is 6.92 Å². The molecule has 1 aliphatic heterocycles. The van der Waals surface area contributed by atoms with Gasteiger partial charge in [-0.15, -0.1) is 11.3 Å². The molecule has 0 aliphatic carbocycles. The minimum absolute atomic E-state index is 0.0810. The van der Waals surface area contributed by atoms with Crippen LogP contribution >= 0.6 is 11.3 Å². The molecule has 76 valence electrons. The van der Waals surface area contributed by atoms with E-state index in [9.17, 15) is 4.79 Å². The molecule has 2 N–H and O–H groups in total. The van der Waals surface area contributed by atoms with Crippen LogP contribution in [0.25, 0.3) is 0 Å². The molecule has 2 rings (SSSR count). The van der Waals surface area contributed by atoms with Gasteiger partial charge in [0.15, 0.2) is 5.13 Å². The molecule has 0 aromatic carbocycles. The Morgan fingerprint density at radius 3 is 3.14 bits per heavy atom. The summed E-state index contributed by atoms with van der Waals surface area (Å²) in [5.74, 6) is 0.575. The Balaban J connectivity index is 1.95. The highest BCUT2D eigenvalue weighted by Gasteiger charge is 2.29. The van der Waals surface area contributed by atoms with E-state index in [2.05, 4.69) is 22.5 Å². The molecule has 2 heterocycles. The zero-order valence-corrected chi connectivity index (χ0v) is 8.80. The minimum Gasteiger partial charge on any atom is -0.316 e. The van der Waals surface area contributed by atoms with Gasteiger partial charge < -0.3 is 10.6 Å². The summed E-state index contributed by atoms with van der Waals surface area (Å²) >= 11 is 1.45. The maximum Gasteiger partial charge on any atom is 0.230 e. The molecule has 5 heteroatoms. The zero-order valence-electron chi connectivity index (χ0n) is 7.99. The van der Waals surface area contributed by atoms with Crippen LogP contribution in [-0.2, 0) is 4.79 Å². The molecule has 0 bridgehead atoms. The predicted octanol–water partition coefficient (Wildman–Crippen LogP) is 0.937. The number of carbonyl (C=O) groups excluding carboxylic acids is 1. The van der Waals surface area contributed by atoms with Gasteiger partial charge in [0.25, 0.3) is 0 Å². The average Bonchev–Trinajstić information content (AvgIpc) is 2.75. The normalized spacial score (nSPS) is 26.4. The number of hydrogen-bond acceptors (Lipinski definition) is 4. The second-order valence-corrected chi connectivity index (χ2v) is 4.46. The van der Waals surface area contributed by atoms with Crippen molar-refractivity contribution in [3.8, 4) is 0 Å². The molecule has 1 aromatic heterocycles. The molecule has 14 heavy (non-hydrogen) atoms. The van der Waals surface area contributed by atoms with Crippen molar-refractivity contribution in [1.29, 1.82) is 0 Å². The van der Waals surface area contributed by atoms with Crippen LogP contribution in [0.1, 0.15) is 6.92 Å². The number of amides is 1. The van der Waals surface area contributed by atoms with Crippen molar-refractivity contribution < 1.29 is 4.79 Å². The average molecular weight is 211 g/mol. The molecule has 4 nitrogen and oxygen atoms in total. The lowest BCUT2D eigenvalue weighted by Crippen LogP contribution is -2.27. The molecule has 0 spiro atoms. The van der Waals surface area contributed by atoms with E-state index < -0.39 is 0 Å². The number of nitrogens with one attached hydrogen (secondary N) is 2. The smallest absolute Gasteiger partial charge is 0.230 e. The summed E-state index contributed by atoms with van der Waals surface area (Å²) in [5.41, 5.74) is 0. The van der Waals surface area contributed by atoms with E-state index in [1.807, 2.05) is 5.38 Å². The number of thiazole rings is 1. The molecular formula is C9H13N3OS. The van der Waals surface area contributed by atoms with Gasteiger partial charge in [-0.3, -0.25) is 4.79 Å². The van der Waals surface area contributed by atoms with Gasteiger partial charge in [0.1, 0.15) is 0 Å². The van der Waals surface area contributed by atoms with Crippen molar-refractivity contribution in [2.24, 2.45) is 11.8 Å². The van der Waals surface area contributed by atoms with Crippen LogP contribution in [0.4, 0.5) is 5.13 Å². The highest BCUT2D eigenvalue weighted by atomic mass is 32.1. The van der Waals surface area contributed by atoms with E-state index in [1.165, 1.54) is 11.3 Å². The third-order valence-electron chi connectivity index (χ3n) is 2.52. The quantitative estimate of drug-likeness (QED) is 0.765.